The molecule has 0 aliphatic carbocycles. The van der Waals surface area contributed by atoms with Gasteiger partial charge in [-0.2, -0.15) is 13.2 Å². The molecule has 180 valence electrons. The Morgan fingerprint density at radius 3 is 2.47 bits per heavy atom. The van der Waals surface area contributed by atoms with Crippen molar-refractivity contribution in [3.8, 4) is 22.7 Å². The van der Waals surface area contributed by atoms with Crippen LogP contribution >= 0.6 is 0 Å². The summed E-state index contributed by atoms with van der Waals surface area (Å²) in [7, 11) is 1.61. The van der Waals surface area contributed by atoms with Crippen LogP contribution in [-0.4, -0.2) is 27.6 Å². The van der Waals surface area contributed by atoms with Gasteiger partial charge in [-0.3, -0.25) is 4.79 Å². The monoisotopic (exact) mass is 488 g/mol. The van der Waals surface area contributed by atoms with Gasteiger partial charge in [0, 0.05) is 34.1 Å². The van der Waals surface area contributed by atoms with Crippen LogP contribution in [0.3, 0.4) is 0 Å². The van der Waals surface area contributed by atoms with Crippen LogP contribution in [0, 0.1) is 0 Å². The number of rotatable bonds is 5. The maximum atomic E-state index is 13.0. The highest BCUT2D eigenvalue weighted by Gasteiger charge is 2.30. The standard InChI is InChI=1S/C27H19F3N4O2/c1-36-22-10-8-21(9-11-22)34-13-12-23-24(31-16-32-25(23)34)17-4-3-7-20(15-17)33-26(35)18-5-2-6-19(14-18)27(28,29)30/h2-16H,1H3,(H,33,35). The van der Waals surface area contributed by atoms with Gasteiger partial charge in [-0.15, -0.1) is 0 Å². The molecule has 0 bridgehead atoms. The Bertz CT molecular complexity index is 1560. The normalized spacial score (nSPS) is 11.4. The van der Waals surface area contributed by atoms with E-state index >= 15 is 0 Å². The first-order valence-electron chi connectivity index (χ1n) is 10.9. The van der Waals surface area contributed by atoms with E-state index in [0.29, 0.717) is 17.0 Å². The number of amides is 1. The third-order valence-corrected chi connectivity index (χ3v) is 5.68. The number of nitrogens with zero attached hydrogens (tertiary/aromatic N) is 3. The molecule has 3 aromatic carbocycles. The Morgan fingerprint density at radius 1 is 0.944 bits per heavy atom. The summed E-state index contributed by atoms with van der Waals surface area (Å²) in [5.41, 5.74) is 2.43. The van der Waals surface area contributed by atoms with E-state index < -0.39 is 17.6 Å². The molecule has 5 rings (SSSR count). The zero-order valence-electron chi connectivity index (χ0n) is 19.0. The molecule has 0 unspecified atom stereocenters. The minimum atomic E-state index is -4.53. The highest BCUT2D eigenvalue weighted by molar-refractivity contribution is 6.05. The predicted molar refractivity (Wildman–Crippen MR) is 130 cm³/mol. The van der Waals surface area contributed by atoms with Gasteiger partial charge in [-0.05, 0) is 60.7 Å². The van der Waals surface area contributed by atoms with E-state index in [2.05, 4.69) is 15.3 Å². The maximum absolute atomic E-state index is 13.0. The highest BCUT2D eigenvalue weighted by Crippen LogP contribution is 2.31. The molecule has 0 saturated carbocycles. The van der Waals surface area contributed by atoms with Crippen molar-refractivity contribution in [3.05, 3.63) is 103 Å². The summed E-state index contributed by atoms with van der Waals surface area (Å²) >= 11 is 0. The zero-order chi connectivity index (χ0) is 25.3. The number of halogens is 3. The molecular formula is C27H19F3N4O2. The van der Waals surface area contributed by atoms with Gasteiger partial charge >= 0.3 is 6.18 Å². The van der Waals surface area contributed by atoms with Crippen LogP contribution in [-0.2, 0) is 6.18 Å². The molecule has 0 radical (unpaired) electrons. The highest BCUT2D eigenvalue weighted by atomic mass is 19.4. The van der Waals surface area contributed by atoms with Crippen LogP contribution in [0.1, 0.15) is 15.9 Å². The van der Waals surface area contributed by atoms with Crippen LogP contribution in [0.15, 0.2) is 91.4 Å². The number of carbonyl (C=O) groups excluding carboxylic acids is 1. The number of carbonyl (C=O) groups is 1. The number of nitrogens with one attached hydrogen (secondary N) is 1. The van der Waals surface area contributed by atoms with Gasteiger partial charge in [0.05, 0.1) is 18.4 Å². The van der Waals surface area contributed by atoms with E-state index in [1.165, 1.54) is 18.5 Å². The lowest BCUT2D eigenvalue weighted by atomic mass is 10.1. The third-order valence-electron chi connectivity index (χ3n) is 5.68. The molecule has 0 atom stereocenters. The van der Waals surface area contributed by atoms with Gasteiger partial charge in [0.25, 0.3) is 5.91 Å². The van der Waals surface area contributed by atoms with E-state index in [0.717, 1.165) is 34.5 Å². The molecule has 0 aliphatic rings. The number of anilines is 1. The molecule has 36 heavy (non-hydrogen) atoms. The predicted octanol–water partition coefficient (Wildman–Crippen LogP) is 6.37. The summed E-state index contributed by atoms with van der Waals surface area (Å²) in [5, 5.41) is 3.47. The molecule has 0 fully saturated rings. The fraction of sp³-hybridized carbons (Fsp3) is 0.0741. The van der Waals surface area contributed by atoms with E-state index in [1.807, 2.05) is 47.2 Å². The second-order valence-electron chi connectivity index (χ2n) is 7.96. The van der Waals surface area contributed by atoms with E-state index in [-0.39, 0.29) is 5.56 Å². The molecule has 1 N–H and O–H groups in total. The summed E-state index contributed by atoms with van der Waals surface area (Å²) in [6.07, 6.45) is -1.17. The number of fused-ring (bicyclic) bond motifs is 1. The second-order valence-corrected chi connectivity index (χ2v) is 7.96. The van der Waals surface area contributed by atoms with E-state index in [9.17, 15) is 18.0 Å². The molecule has 0 aliphatic heterocycles. The molecule has 1 amide bonds. The van der Waals surface area contributed by atoms with E-state index in [4.69, 9.17) is 4.74 Å². The second kappa shape index (κ2) is 9.18. The van der Waals surface area contributed by atoms with Crippen molar-refractivity contribution in [2.24, 2.45) is 0 Å². The third kappa shape index (κ3) is 4.50. The summed E-state index contributed by atoms with van der Waals surface area (Å²) in [6, 6.07) is 20.7. The van der Waals surface area contributed by atoms with Gasteiger partial charge in [0.15, 0.2) is 0 Å². The smallest absolute Gasteiger partial charge is 0.416 e. The van der Waals surface area contributed by atoms with Crippen LogP contribution in [0.5, 0.6) is 5.75 Å². The number of aromatic nitrogens is 3. The van der Waals surface area contributed by atoms with Crippen LogP contribution in [0.4, 0.5) is 18.9 Å². The minimum Gasteiger partial charge on any atom is -0.497 e. The Labute approximate surface area is 204 Å². The number of hydrogen-bond donors (Lipinski definition) is 1. The molecule has 0 saturated heterocycles. The SMILES string of the molecule is COc1ccc(-n2ccc3c(-c4cccc(NC(=O)c5cccc(C(F)(F)F)c5)c4)ncnc32)cc1. The van der Waals surface area contributed by atoms with Gasteiger partial charge < -0.3 is 14.6 Å². The van der Waals surface area contributed by atoms with E-state index in [1.54, 1.807) is 25.3 Å². The lowest BCUT2D eigenvalue weighted by Crippen LogP contribution is -2.14. The Hall–Kier alpha value is -4.66. The summed E-state index contributed by atoms with van der Waals surface area (Å²) < 4.78 is 46.2. The Kier molecular flexibility index (Phi) is 5.89. The minimum absolute atomic E-state index is 0.0868. The zero-order valence-corrected chi connectivity index (χ0v) is 19.0. The van der Waals surface area contributed by atoms with Crippen LogP contribution < -0.4 is 10.1 Å². The van der Waals surface area contributed by atoms with Gasteiger partial charge in [0.2, 0.25) is 0 Å². The summed E-state index contributed by atoms with van der Waals surface area (Å²) in [6.45, 7) is 0. The van der Waals surface area contributed by atoms with Gasteiger partial charge in [0.1, 0.15) is 17.7 Å². The van der Waals surface area contributed by atoms with Crippen LogP contribution in [0.2, 0.25) is 0 Å². The van der Waals surface area contributed by atoms with Crippen LogP contribution in [0.25, 0.3) is 28.0 Å². The largest absolute Gasteiger partial charge is 0.497 e. The summed E-state index contributed by atoms with van der Waals surface area (Å²) in [5.74, 6) is 0.103. The Morgan fingerprint density at radius 2 is 1.72 bits per heavy atom. The molecule has 5 aromatic rings. The lowest BCUT2D eigenvalue weighted by Gasteiger charge is -2.11. The first kappa shape index (κ1) is 23.1. The number of ether oxygens (including phenoxy) is 1. The maximum Gasteiger partial charge on any atom is 0.416 e. The van der Waals surface area contributed by atoms with Crippen molar-refractivity contribution in [2.75, 3.05) is 12.4 Å². The average molecular weight is 488 g/mol. The first-order valence-corrected chi connectivity index (χ1v) is 10.9. The molecule has 6 nitrogen and oxygen atoms in total. The fourth-order valence-electron chi connectivity index (χ4n) is 3.92. The number of alkyl halides is 3. The van der Waals surface area contributed by atoms with Crippen molar-refractivity contribution < 1.29 is 22.7 Å². The number of methoxy groups -OCH3 is 1. The van der Waals surface area contributed by atoms with Crippen molar-refractivity contribution in [2.45, 2.75) is 6.18 Å². The number of benzene rings is 3. The molecule has 2 aromatic heterocycles. The topological polar surface area (TPSA) is 69.0 Å². The Balaban J connectivity index is 1.45. The molecule has 0 spiro atoms. The quantitative estimate of drug-likeness (QED) is 0.312. The fourth-order valence-corrected chi connectivity index (χ4v) is 3.92. The lowest BCUT2D eigenvalue weighted by molar-refractivity contribution is -0.137. The van der Waals surface area contributed by atoms with Gasteiger partial charge in [-0.1, -0.05) is 18.2 Å². The van der Waals surface area contributed by atoms with Crippen molar-refractivity contribution >= 4 is 22.6 Å². The average Bonchev–Trinajstić information content (AvgIpc) is 3.33. The first-order chi connectivity index (χ1) is 17.3. The number of hydrogen-bond acceptors (Lipinski definition) is 4. The molecule has 9 heteroatoms. The van der Waals surface area contributed by atoms with Gasteiger partial charge in [-0.25, -0.2) is 9.97 Å². The molecule has 2 heterocycles. The summed E-state index contributed by atoms with van der Waals surface area (Å²) in [4.78, 5) is 21.5. The van der Waals surface area contributed by atoms with Crippen molar-refractivity contribution in [3.63, 3.8) is 0 Å². The van der Waals surface area contributed by atoms with Crippen molar-refractivity contribution in [1.29, 1.82) is 0 Å². The van der Waals surface area contributed by atoms with Crippen molar-refractivity contribution in [1.82, 2.24) is 14.5 Å². The molecular weight excluding hydrogens is 469 g/mol.